The number of halogens is 3. The van der Waals surface area contributed by atoms with E-state index < -0.39 is 24.2 Å². The highest BCUT2D eigenvalue weighted by Crippen LogP contribution is 2.13. The topological polar surface area (TPSA) is 156 Å². The quantitative estimate of drug-likeness (QED) is 0.420. The van der Waals surface area contributed by atoms with Gasteiger partial charge < -0.3 is 32.3 Å². The summed E-state index contributed by atoms with van der Waals surface area (Å²) < 4.78 is 31.7. The van der Waals surface area contributed by atoms with Gasteiger partial charge >= 0.3 is 18.1 Å². The van der Waals surface area contributed by atoms with Crippen LogP contribution in [0.15, 0.2) is 0 Å². The first-order valence-corrected chi connectivity index (χ1v) is 5.23. The van der Waals surface area contributed by atoms with Gasteiger partial charge in [-0.2, -0.15) is 13.2 Å². The van der Waals surface area contributed by atoms with Crippen LogP contribution in [0.4, 0.5) is 13.2 Å². The van der Waals surface area contributed by atoms with Crippen LogP contribution < -0.4 is 17.2 Å². The van der Waals surface area contributed by atoms with E-state index in [0.29, 0.717) is 0 Å². The van der Waals surface area contributed by atoms with E-state index in [1.54, 1.807) is 0 Å². The Kier molecular flexibility index (Phi) is 14.9. The van der Waals surface area contributed by atoms with Crippen LogP contribution in [0.3, 0.4) is 0 Å². The smallest absolute Gasteiger partial charge is 0.480 e. The number of alkyl halides is 3. The highest BCUT2D eigenvalue weighted by atomic mass is 19.4. The molecule has 0 aliphatic carbocycles. The number of hydrogen-bond acceptors (Lipinski definition) is 6. The summed E-state index contributed by atoms with van der Waals surface area (Å²) in [5, 5.41) is 15.1. The third-order valence-corrected chi connectivity index (χ3v) is 1.39. The van der Waals surface area contributed by atoms with Crippen LogP contribution in [0.5, 0.6) is 0 Å². The van der Waals surface area contributed by atoms with E-state index in [2.05, 4.69) is 4.90 Å². The third-order valence-electron chi connectivity index (χ3n) is 1.39. The molecule has 0 aliphatic heterocycles. The number of aliphatic carboxylic acids is 2. The molecular formula is C9H21F3N4O4. The van der Waals surface area contributed by atoms with Crippen molar-refractivity contribution >= 4 is 11.9 Å². The van der Waals surface area contributed by atoms with Gasteiger partial charge in [0.2, 0.25) is 0 Å². The fourth-order valence-electron chi connectivity index (χ4n) is 0.359. The minimum atomic E-state index is -5.08. The molecule has 0 unspecified atom stereocenters. The Morgan fingerprint density at radius 3 is 1.55 bits per heavy atom. The summed E-state index contributed by atoms with van der Waals surface area (Å²) in [4.78, 5) is 20.7. The fourth-order valence-corrected chi connectivity index (χ4v) is 0.359. The lowest BCUT2D eigenvalue weighted by molar-refractivity contribution is -0.192. The summed E-state index contributed by atoms with van der Waals surface area (Å²) in [7, 11) is 4.01. The minimum absolute atomic E-state index is 0.00463. The Labute approximate surface area is 114 Å². The monoisotopic (exact) mass is 306 g/mol. The van der Waals surface area contributed by atoms with Crippen LogP contribution in [-0.4, -0.2) is 73.0 Å². The zero-order chi connectivity index (χ0) is 16.9. The number of carboxylic acids is 2. The molecule has 20 heavy (non-hydrogen) atoms. The van der Waals surface area contributed by atoms with Crippen molar-refractivity contribution < 1.29 is 33.0 Å². The van der Waals surface area contributed by atoms with Gasteiger partial charge in [0.1, 0.15) is 6.04 Å². The number of hydrogen-bond donors (Lipinski definition) is 5. The molecule has 11 heteroatoms. The van der Waals surface area contributed by atoms with Crippen LogP contribution in [0.2, 0.25) is 0 Å². The predicted octanol–water partition coefficient (Wildman–Crippen LogP) is -1.50. The second-order valence-corrected chi connectivity index (χ2v) is 3.58. The van der Waals surface area contributed by atoms with E-state index in [0.717, 1.165) is 13.1 Å². The van der Waals surface area contributed by atoms with Gasteiger partial charge in [-0.15, -0.1) is 0 Å². The molecule has 122 valence electrons. The second kappa shape index (κ2) is 12.6. The Bertz CT molecular complexity index is 274. The minimum Gasteiger partial charge on any atom is -0.480 e. The van der Waals surface area contributed by atoms with Gasteiger partial charge in [0.15, 0.2) is 0 Å². The maximum absolute atomic E-state index is 10.6. The van der Waals surface area contributed by atoms with Crippen molar-refractivity contribution in [1.82, 2.24) is 4.90 Å². The number of carboxylic acid groups (broad SMARTS) is 2. The summed E-state index contributed by atoms with van der Waals surface area (Å²) in [5.41, 5.74) is 14.9. The van der Waals surface area contributed by atoms with Crippen molar-refractivity contribution in [3.63, 3.8) is 0 Å². The van der Waals surface area contributed by atoms with Crippen molar-refractivity contribution in [2.24, 2.45) is 17.2 Å². The highest BCUT2D eigenvalue weighted by Gasteiger charge is 2.38. The van der Waals surface area contributed by atoms with Crippen molar-refractivity contribution in [1.29, 1.82) is 0 Å². The molecule has 8 nitrogen and oxygen atoms in total. The van der Waals surface area contributed by atoms with Crippen molar-refractivity contribution in [3.05, 3.63) is 0 Å². The van der Waals surface area contributed by atoms with Crippen LogP contribution in [0.1, 0.15) is 0 Å². The second-order valence-electron chi connectivity index (χ2n) is 3.58. The average Bonchev–Trinajstić information content (AvgIpc) is 2.27. The van der Waals surface area contributed by atoms with Gasteiger partial charge in [0, 0.05) is 19.6 Å². The summed E-state index contributed by atoms with van der Waals surface area (Å²) in [6.07, 6.45) is -5.08. The number of nitrogens with zero attached hydrogens (tertiary/aromatic N) is 1. The Balaban J connectivity index is -0.000000218. The molecule has 0 rings (SSSR count). The van der Waals surface area contributed by atoms with Crippen LogP contribution in [0.25, 0.3) is 0 Å². The van der Waals surface area contributed by atoms with E-state index in [1.807, 2.05) is 14.1 Å². The predicted molar refractivity (Wildman–Crippen MR) is 66.0 cm³/mol. The van der Waals surface area contributed by atoms with E-state index in [4.69, 9.17) is 32.2 Å². The summed E-state index contributed by atoms with van der Waals surface area (Å²) in [5.74, 6) is -3.81. The molecule has 0 heterocycles. The van der Waals surface area contributed by atoms with Gasteiger partial charge in [0.25, 0.3) is 0 Å². The van der Waals surface area contributed by atoms with Gasteiger partial charge in [-0.1, -0.05) is 0 Å². The maximum atomic E-state index is 10.6. The number of likely N-dealkylation sites (N-methyl/N-ethyl adjacent to an activating group) is 1. The molecule has 1 atom stereocenters. The number of nitrogens with two attached hydrogens (primary N) is 3. The molecule has 0 fully saturated rings. The largest absolute Gasteiger partial charge is 0.490 e. The summed E-state index contributed by atoms with van der Waals surface area (Å²) in [6.45, 7) is 1.74. The first-order valence-electron chi connectivity index (χ1n) is 5.23. The van der Waals surface area contributed by atoms with E-state index in [1.165, 1.54) is 0 Å². The van der Waals surface area contributed by atoms with Gasteiger partial charge in [-0.25, -0.2) is 4.79 Å². The van der Waals surface area contributed by atoms with E-state index >= 15 is 0 Å². The summed E-state index contributed by atoms with van der Waals surface area (Å²) >= 11 is 0. The highest BCUT2D eigenvalue weighted by molar-refractivity contribution is 5.73. The zero-order valence-electron chi connectivity index (χ0n) is 11.2. The van der Waals surface area contributed by atoms with Gasteiger partial charge in [0.05, 0.1) is 0 Å². The molecule has 0 saturated heterocycles. The van der Waals surface area contributed by atoms with E-state index in [9.17, 15) is 18.0 Å². The standard InChI is InChI=1S/C4H12N2.C3H8N2O2.C2HF3O2/c1-6(2)4-3-5;4-1-2(5)3(6)7;3-2(4,5)1(6)7/h3-5H2,1-2H3;2H,1,4-5H2,(H,6,7);(H,6,7)/t;2-;/m.0./s1. The lowest BCUT2D eigenvalue weighted by Crippen LogP contribution is -2.37. The Morgan fingerprint density at radius 1 is 1.20 bits per heavy atom. The number of rotatable bonds is 4. The maximum Gasteiger partial charge on any atom is 0.490 e. The molecule has 8 N–H and O–H groups in total. The fraction of sp³-hybridized carbons (Fsp3) is 0.778. The molecule has 0 saturated carbocycles. The van der Waals surface area contributed by atoms with Gasteiger partial charge in [-0.05, 0) is 14.1 Å². The molecule has 0 aromatic heterocycles. The van der Waals surface area contributed by atoms with Crippen LogP contribution in [-0.2, 0) is 9.59 Å². The van der Waals surface area contributed by atoms with Crippen LogP contribution >= 0.6 is 0 Å². The van der Waals surface area contributed by atoms with Crippen molar-refractivity contribution in [2.45, 2.75) is 12.2 Å². The third kappa shape index (κ3) is 21.8. The van der Waals surface area contributed by atoms with Crippen molar-refractivity contribution in [2.75, 3.05) is 33.7 Å². The normalized spacial score (nSPS) is 11.7. The van der Waals surface area contributed by atoms with Crippen LogP contribution in [0, 0.1) is 0 Å². The molecule has 0 aromatic rings. The zero-order valence-corrected chi connectivity index (χ0v) is 11.2. The SMILES string of the molecule is CN(C)CCN.NC[C@H](N)C(=O)O.O=C(O)C(F)(F)F. The lowest BCUT2D eigenvalue weighted by atomic mass is 10.3. The molecule has 0 amide bonds. The molecule has 0 spiro atoms. The lowest BCUT2D eigenvalue weighted by Gasteiger charge is -2.03. The van der Waals surface area contributed by atoms with Crippen molar-refractivity contribution in [3.8, 4) is 0 Å². The Morgan fingerprint density at radius 2 is 1.55 bits per heavy atom. The molecule has 0 aliphatic rings. The summed E-state index contributed by atoms with van der Waals surface area (Å²) in [6, 6.07) is -0.903. The first-order chi connectivity index (χ1) is 8.89. The molecule has 0 bridgehead atoms. The number of carbonyl (C=O) groups is 2. The Hall–Kier alpha value is -1.43. The van der Waals surface area contributed by atoms with E-state index in [-0.39, 0.29) is 6.54 Å². The first kappa shape index (κ1) is 23.6. The molecule has 0 aromatic carbocycles. The molecule has 0 radical (unpaired) electrons. The molecular weight excluding hydrogens is 285 g/mol. The average molecular weight is 306 g/mol. The van der Waals surface area contributed by atoms with Gasteiger partial charge in [-0.3, -0.25) is 4.79 Å².